The van der Waals surface area contributed by atoms with Gasteiger partial charge in [0.05, 0.1) is 5.60 Å². The molecular formula is C19H36O2Si. The van der Waals surface area contributed by atoms with Crippen molar-refractivity contribution in [1.82, 2.24) is 0 Å². The van der Waals surface area contributed by atoms with Gasteiger partial charge in [0.15, 0.2) is 8.32 Å². The van der Waals surface area contributed by atoms with Crippen LogP contribution in [0.25, 0.3) is 0 Å². The third-order valence-corrected chi connectivity index (χ3v) is 10.6. The van der Waals surface area contributed by atoms with Gasteiger partial charge in [-0.2, -0.15) is 0 Å². The van der Waals surface area contributed by atoms with Gasteiger partial charge in [0, 0.05) is 12.0 Å². The molecule has 1 rings (SSSR count). The lowest BCUT2D eigenvalue weighted by atomic mass is 9.62. The van der Waals surface area contributed by atoms with Gasteiger partial charge in [-0.3, -0.25) is 0 Å². The quantitative estimate of drug-likeness (QED) is 0.520. The Morgan fingerprint density at radius 1 is 1.36 bits per heavy atom. The molecule has 128 valence electrons. The van der Waals surface area contributed by atoms with Crippen molar-refractivity contribution in [2.24, 2.45) is 5.41 Å². The molecule has 0 amide bonds. The van der Waals surface area contributed by atoms with Gasteiger partial charge in [0.2, 0.25) is 0 Å². The number of rotatable bonds is 6. The molecule has 0 spiro atoms. The van der Waals surface area contributed by atoms with Crippen molar-refractivity contribution in [3.8, 4) is 0 Å². The topological polar surface area (TPSA) is 29.5 Å². The molecule has 1 N–H and O–H groups in total. The van der Waals surface area contributed by atoms with Crippen LogP contribution in [0.3, 0.4) is 0 Å². The summed E-state index contributed by atoms with van der Waals surface area (Å²) in [5.74, 6) is 0. The molecule has 1 aliphatic carbocycles. The fraction of sp³-hybridized carbons (Fsp3) is 0.789. The Morgan fingerprint density at radius 3 is 2.45 bits per heavy atom. The summed E-state index contributed by atoms with van der Waals surface area (Å²) in [4.78, 5) is 0. The lowest BCUT2D eigenvalue weighted by molar-refractivity contribution is -0.0596. The van der Waals surface area contributed by atoms with E-state index in [4.69, 9.17) is 4.43 Å². The highest BCUT2D eigenvalue weighted by molar-refractivity contribution is 6.74. The second-order valence-corrected chi connectivity index (χ2v) is 13.6. The third-order valence-electron chi connectivity index (χ3n) is 6.04. The van der Waals surface area contributed by atoms with E-state index < -0.39 is 13.9 Å². The minimum atomic E-state index is -1.69. The van der Waals surface area contributed by atoms with Crippen LogP contribution in [0.4, 0.5) is 0 Å². The Morgan fingerprint density at radius 2 is 1.95 bits per heavy atom. The minimum Gasteiger partial charge on any atom is -0.417 e. The van der Waals surface area contributed by atoms with E-state index in [2.05, 4.69) is 60.4 Å². The first-order chi connectivity index (χ1) is 9.87. The van der Waals surface area contributed by atoms with E-state index in [1.54, 1.807) is 0 Å². The van der Waals surface area contributed by atoms with Crippen molar-refractivity contribution < 1.29 is 9.53 Å². The van der Waals surface area contributed by atoms with Crippen LogP contribution in [0.15, 0.2) is 24.3 Å². The van der Waals surface area contributed by atoms with E-state index in [-0.39, 0.29) is 10.5 Å². The van der Waals surface area contributed by atoms with Gasteiger partial charge in [0.25, 0.3) is 0 Å². The maximum absolute atomic E-state index is 11.0. The van der Waals surface area contributed by atoms with Crippen molar-refractivity contribution in [2.75, 3.05) is 6.61 Å². The fourth-order valence-electron chi connectivity index (χ4n) is 2.99. The van der Waals surface area contributed by atoms with Crippen LogP contribution in [-0.2, 0) is 4.43 Å². The molecular weight excluding hydrogens is 288 g/mol. The second-order valence-electron chi connectivity index (χ2n) is 8.78. The van der Waals surface area contributed by atoms with Crippen LogP contribution in [0.5, 0.6) is 0 Å². The van der Waals surface area contributed by atoms with E-state index in [1.165, 1.54) is 5.57 Å². The van der Waals surface area contributed by atoms with Crippen molar-refractivity contribution >= 4 is 8.32 Å². The molecule has 0 aromatic heterocycles. The van der Waals surface area contributed by atoms with Crippen molar-refractivity contribution in [3.63, 3.8) is 0 Å². The summed E-state index contributed by atoms with van der Waals surface area (Å²) in [5.41, 5.74) is 0.452. The van der Waals surface area contributed by atoms with E-state index in [1.807, 2.05) is 6.08 Å². The molecule has 0 bridgehead atoms. The molecule has 0 aromatic rings. The third kappa shape index (κ3) is 3.93. The summed E-state index contributed by atoms with van der Waals surface area (Å²) in [6.45, 7) is 20.3. The zero-order valence-electron chi connectivity index (χ0n) is 15.8. The zero-order valence-corrected chi connectivity index (χ0v) is 16.8. The maximum Gasteiger partial charge on any atom is 0.191 e. The maximum atomic E-state index is 11.0. The van der Waals surface area contributed by atoms with E-state index in [9.17, 15) is 5.11 Å². The van der Waals surface area contributed by atoms with E-state index in [0.29, 0.717) is 6.42 Å². The Hall–Kier alpha value is -0.383. The van der Waals surface area contributed by atoms with Crippen molar-refractivity contribution in [2.45, 2.75) is 84.0 Å². The Labute approximate surface area is 138 Å². The summed E-state index contributed by atoms with van der Waals surface area (Å²) in [5, 5.41) is 11.3. The Bertz CT molecular complexity index is 429. The summed E-state index contributed by atoms with van der Waals surface area (Å²) in [6.07, 6.45) is 7.49. The number of allylic oxidation sites excluding steroid dienone is 1. The summed E-state index contributed by atoms with van der Waals surface area (Å²) >= 11 is 0. The molecule has 0 saturated carbocycles. The molecule has 0 saturated heterocycles. The van der Waals surface area contributed by atoms with Crippen LogP contribution in [0.2, 0.25) is 18.1 Å². The van der Waals surface area contributed by atoms with Gasteiger partial charge < -0.3 is 9.53 Å². The summed E-state index contributed by atoms with van der Waals surface area (Å²) < 4.78 is 6.31. The van der Waals surface area contributed by atoms with Crippen LogP contribution >= 0.6 is 0 Å². The van der Waals surface area contributed by atoms with Gasteiger partial charge in [-0.1, -0.05) is 52.3 Å². The van der Waals surface area contributed by atoms with Crippen LogP contribution in [0, 0.1) is 5.41 Å². The molecule has 1 aliphatic rings. The van der Waals surface area contributed by atoms with Crippen LogP contribution in [0.1, 0.15) is 60.3 Å². The second kappa shape index (κ2) is 6.62. The molecule has 0 fully saturated rings. The van der Waals surface area contributed by atoms with Crippen LogP contribution in [-0.4, -0.2) is 25.6 Å². The van der Waals surface area contributed by atoms with Gasteiger partial charge >= 0.3 is 0 Å². The minimum absolute atomic E-state index is 0.212. The molecule has 0 aromatic carbocycles. The smallest absolute Gasteiger partial charge is 0.191 e. The number of aliphatic hydroxyl groups is 1. The average Bonchev–Trinajstić information content (AvgIpc) is 2.34. The molecule has 3 heteroatoms. The molecule has 1 atom stereocenters. The normalized spacial score (nSPS) is 25.7. The first-order valence-electron chi connectivity index (χ1n) is 8.54. The molecule has 0 heterocycles. The summed E-state index contributed by atoms with van der Waals surface area (Å²) in [7, 11) is -1.69. The number of hydrogen-bond acceptors (Lipinski definition) is 2. The van der Waals surface area contributed by atoms with E-state index in [0.717, 1.165) is 25.9 Å². The Kier molecular flexibility index (Phi) is 5.92. The molecule has 0 aliphatic heterocycles. The number of hydrogen-bond donors (Lipinski definition) is 1. The predicted molar refractivity (Wildman–Crippen MR) is 98.6 cm³/mol. The molecule has 22 heavy (non-hydrogen) atoms. The monoisotopic (exact) mass is 324 g/mol. The van der Waals surface area contributed by atoms with Crippen LogP contribution < -0.4 is 0 Å². The SMILES string of the molecule is C=CCC1(O)CCC=C(CCO[Si](C)(C)C(C)(C)C)C1(C)C. The van der Waals surface area contributed by atoms with Gasteiger partial charge in [-0.05, 0) is 43.8 Å². The lowest BCUT2D eigenvalue weighted by Crippen LogP contribution is -2.48. The molecule has 0 radical (unpaired) electrons. The Balaban J connectivity index is 2.74. The van der Waals surface area contributed by atoms with Crippen molar-refractivity contribution in [1.29, 1.82) is 0 Å². The fourth-order valence-corrected chi connectivity index (χ4v) is 4.04. The van der Waals surface area contributed by atoms with E-state index >= 15 is 0 Å². The highest BCUT2D eigenvalue weighted by Gasteiger charge is 2.46. The predicted octanol–water partition coefficient (Wildman–Crippen LogP) is 5.45. The molecule has 1 unspecified atom stereocenters. The standard InChI is InChI=1S/C19H36O2Si/c1-9-13-19(20)14-10-11-16(18(19,5)6)12-15-21-22(7,8)17(2,3)4/h9,11,20H,1,10,12-15H2,2-8H3. The highest BCUT2D eigenvalue weighted by Crippen LogP contribution is 2.48. The van der Waals surface area contributed by atoms with Gasteiger partial charge in [0.1, 0.15) is 0 Å². The van der Waals surface area contributed by atoms with Crippen molar-refractivity contribution in [3.05, 3.63) is 24.3 Å². The largest absolute Gasteiger partial charge is 0.417 e. The first kappa shape index (κ1) is 19.7. The van der Waals surface area contributed by atoms with Gasteiger partial charge in [-0.25, -0.2) is 0 Å². The first-order valence-corrected chi connectivity index (χ1v) is 11.4. The zero-order chi connectivity index (χ0) is 17.2. The lowest BCUT2D eigenvalue weighted by Gasteiger charge is -2.47. The highest BCUT2D eigenvalue weighted by atomic mass is 28.4. The summed E-state index contributed by atoms with van der Waals surface area (Å²) in [6, 6.07) is 0. The molecule has 2 nitrogen and oxygen atoms in total. The van der Waals surface area contributed by atoms with Gasteiger partial charge in [-0.15, -0.1) is 6.58 Å². The average molecular weight is 325 g/mol.